The number of aryl methyl sites for hydroxylation is 1. The summed E-state index contributed by atoms with van der Waals surface area (Å²) in [5, 5.41) is 0. The first-order valence-electron chi connectivity index (χ1n) is 6.45. The second kappa shape index (κ2) is 6.24. The Morgan fingerprint density at radius 1 is 1.29 bits per heavy atom. The Kier molecular flexibility index (Phi) is 4.59. The Hall–Kier alpha value is -1.92. The number of benzene rings is 1. The van der Waals surface area contributed by atoms with Crippen LogP contribution in [0.2, 0.25) is 0 Å². The first-order valence-corrected chi connectivity index (χ1v) is 7.89. The molecule has 0 aliphatic heterocycles. The number of hydrogen-bond donors (Lipinski definition) is 0. The second-order valence-corrected chi connectivity index (χ2v) is 6.79. The van der Waals surface area contributed by atoms with Crippen LogP contribution in [-0.4, -0.2) is 31.9 Å². The zero-order valence-electron chi connectivity index (χ0n) is 12.3. The molecule has 5 nitrogen and oxygen atoms in total. The molecule has 2 rings (SSSR count). The topological polar surface area (TPSA) is 59.5 Å². The van der Waals surface area contributed by atoms with Crippen LogP contribution in [-0.2, 0) is 16.6 Å². The Morgan fingerprint density at radius 2 is 2.05 bits per heavy atom. The molecule has 0 atom stereocenters. The summed E-state index contributed by atoms with van der Waals surface area (Å²) in [5.41, 5.74) is 1.69. The molecule has 0 saturated carbocycles. The summed E-state index contributed by atoms with van der Waals surface area (Å²) in [4.78, 5) is 4.17. The molecule has 112 valence electrons. The van der Waals surface area contributed by atoms with E-state index in [1.54, 1.807) is 37.6 Å². The molecule has 1 aromatic carbocycles. The van der Waals surface area contributed by atoms with Crippen LogP contribution in [0.3, 0.4) is 0 Å². The van der Waals surface area contributed by atoms with Crippen molar-refractivity contribution in [3.63, 3.8) is 0 Å². The van der Waals surface area contributed by atoms with Gasteiger partial charge < -0.3 is 4.74 Å². The van der Waals surface area contributed by atoms with Crippen LogP contribution in [0.4, 0.5) is 0 Å². The van der Waals surface area contributed by atoms with Crippen LogP contribution in [0.15, 0.2) is 47.6 Å². The number of rotatable bonds is 5. The van der Waals surface area contributed by atoms with Crippen molar-refractivity contribution in [1.82, 2.24) is 9.29 Å². The molecule has 0 aliphatic carbocycles. The van der Waals surface area contributed by atoms with E-state index in [0.717, 1.165) is 11.1 Å². The molecule has 1 heterocycles. The third kappa shape index (κ3) is 3.40. The predicted molar refractivity (Wildman–Crippen MR) is 80.6 cm³/mol. The van der Waals surface area contributed by atoms with Crippen molar-refractivity contribution in [1.29, 1.82) is 0 Å². The van der Waals surface area contributed by atoms with Crippen LogP contribution >= 0.6 is 0 Å². The van der Waals surface area contributed by atoms with Crippen LogP contribution in [0, 0.1) is 6.92 Å². The fourth-order valence-electron chi connectivity index (χ4n) is 1.99. The Balaban J connectivity index is 2.35. The highest BCUT2D eigenvalue weighted by Crippen LogP contribution is 2.27. The van der Waals surface area contributed by atoms with Gasteiger partial charge in [-0.1, -0.05) is 12.1 Å². The zero-order chi connectivity index (χ0) is 15.5. The van der Waals surface area contributed by atoms with Gasteiger partial charge in [0, 0.05) is 26.0 Å². The highest BCUT2D eigenvalue weighted by Gasteiger charge is 2.25. The molecule has 0 unspecified atom stereocenters. The van der Waals surface area contributed by atoms with Gasteiger partial charge in [0.1, 0.15) is 10.6 Å². The number of aromatic nitrogens is 1. The lowest BCUT2D eigenvalue weighted by Gasteiger charge is -2.19. The molecule has 1 aromatic heterocycles. The third-order valence-electron chi connectivity index (χ3n) is 3.14. The van der Waals surface area contributed by atoms with Crippen LogP contribution in [0.5, 0.6) is 5.75 Å². The van der Waals surface area contributed by atoms with Crippen molar-refractivity contribution in [2.45, 2.75) is 18.4 Å². The van der Waals surface area contributed by atoms with Gasteiger partial charge in [-0.3, -0.25) is 4.98 Å². The van der Waals surface area contributed by atoms with E-state index in [-0.39, 0.29) is 11.4 Å². The molecule has 0 saturated heterocycles. The van der Waals surface area contributed by atoms with Crippen molar-refractivity contribution in [3.8, 4) is 5.75 Å². The van der Waals surface area contributed by atoms with Gasteiger partial charge in [-0.2, -0.15) is 4.31 Å². The minimum Gasteiger partial charge on any atom is -0.495 e. The maximum Gasteiger partial charge on any atom is 0.246 e. The van der Waals surface area contributed by atoms with E-state index in [4.69, 9.17) is 4.74 Å². The van der Waals surface area contributed by atoms with Gasteiger partial charge in [-0.25, -0.2) is 8.42 Å². The highest BCUT2D eigenvalue weighted by molar-refractivity contribution is 7.89. The van der Waals surface area contributed by atoms with E-state index in [1.807, 2.05) is 19.1 Å². The Morgan fingerprint density at radius 3 is 2.67 bits per heavy atom. The molecule has 0 N–H and O–H groups in total. The molecule has 0 aliphatic rings. The van der Waals surface area contributed by atoms with Crippen molar-refractivity contribution >= 4 is 10.0 Å². The number of sulfonamides is 1. The minimum absolute atomic E-state index is 0.177. The lowest BCUT2D eigenvalue weighted by Crippen LogP contribution is -2.27. The van der Waals surface area contributed by atoms with Gasteiger partial charge in [-0.05, 0) is 36.2 Å². The first-order chi connectivity index (χ1) is 9.95. The molecule has 21 heavy (non-hydrogen) atoms. The summed E-state index contributed by atoms with van der Waals surface area (Å²) >= 11 is 0. The van der Waals surface area contributed by atoms with E-state index in [2.05, 4.69) is 4.98 Å². The number of methoxy groups -OCH3 is 1. The van der Waals surface area contributed by atoms with E-state index >= 15 is 0 Å². The summed E-state index contributed by atoms with van der Waals surface area (Å²) in [7, 11) is -0.613. The average Bonchev–Trinajstić information content (AvgIpc) is 2.48. The van der Waals surface area contributed by atoms with Crippen LogP contribution in [0.25, 0.3) is 0 Å². The SMILES string of the molecule is COc1ccc(C)cc1S(=O)(=O)N(C)Cc1cccnc1. The Labute approximate surface area is 125 Å². The summed E-state index contributed by atoms with van der Waals surface area (Å²) in [6.07, 6.45) is 3.31. The second-order valence-electron chi connectivity index (χ2n) is 4.78. The van der Waals surface area contributed by atoms with Gasteiger partial charge in [0.2, 0.25) is 10.0 Å². The number of hydrogen-bond acceptors (Lipinski definition) is 4. The molecule has 6 heteroatoms. The number of pyridine rings is 1. The highest BCUT2D eigenvalue weighted by atomic mass is 32.2. The molecule has 0 fully saturated rings. The predicted octanol–water partition coefficient (Wildman–Crippen LogP) is 2.22. The van der Waals surface area contributed by atoms with E-state index in [9.17, 15) is 8.42 Å². The summed E-state index contributed by atoms with van der Waals surface area (Å²) in [5.74, 6) is 0.346. The van der Waals surface area contributed by atoms with E-state index in [0.29, 0.717) is 5.75 Å². The maximum absolute atomic E-state index is 12.7. The van der Waals surface area contributed by atoms with E-state index in [1.165, 1.54) is 11.4 Å². The van der Waals surface area contributed by atoms with Gasteiger partial charge in [0.05, 0.1) is 7.11 Å². The number of ether oxygens (including phenoxy) is 1. The molecular weight excluding hydrogens is 288 g/mol. The largest absolute Gasteiger partial charge is 0.495 e. The zero-order valence-corrected chi connectivity index (χ0v) is 13.1. The molecule has 0 amide bonds. The Bertz CT molecular complexity index is 715. The fourth-order valence-corrected chi connectivity index (χ4v) is 3.38. The molecular formula is C15H18N2O3S. The van der Waals surface area contributed by atoms with Gasteiger partial charge >= 0.3 is 0 Å². The quantitative estimate of drug-likeness (QED) is 0.850. The summed E-state index contributed by atoms with van der Waals surface area (Å²) in [6, 6.07) is 8.72. The van der Waals surface area contributed by atoms with Gasteiger partial charge in [0.15, 0.2) is 0 Å². The summed E-state index contributed by atoms with van der Waals surface area (Å²) < 4.78 is 31.8. The van der Waals surface area contributed by atoms with Gasteiger partial charge in [-0.15, -0.1) is 0 Å². The van der Waals surface area contributed by atoms with Crippen molar-refractivity contribution in [2.24, 2.45) is 0 Å². The third-order valence-corrected chi connectivity index (χ3v) is 4.96. The molecule has 0 spiro atoms. The maximum atomic E-state index is 12.7. The van der Waals surface area contributed by atoms with E-state index < -0.39 is 10.0 Å². The fraction of sp³-hybridized carbons (Fsp3) is 0.267. The molecule has 0 radical (unpaired) electrons. The lowest BCUT2D eigenvalue weighted by atomic mass is 10.2. The van der Waals surface area contributed by atoms with Crippen LogP contribution < -0.4 is 4.74 Å². The van der Waals surface area contributed by atoms with Crippen molar-refractivity contribution in [3.05, 3.63) is 53.9 Å². The smallest absolute Gasteiger partial charge is 0.246 e. The molecule has 2 aromatic rings. The monoisotopic (exact) mass is 306 g/mol. The van der Waals surface area contributed by atoms with Crippen molar-refractivity contribution < 1.29 is 13.2 Å². The molecule has 0 bridgehead atoms. The lowest BCUT2D eigenvalue weighted by molar-refractivity contribution is 0.397. The van der Waals surface area contributed by atoms with Crippen molar-refractivity contribution in [2.75, 3.05) is 14.2 Å². The summed E-state index contributed by atoms with van der Waals surface area (Å²) in [6.45, 7) is 2.10. The minimum atomic E-state index is -3.62. The van der Waals surface area contributed by atoms with Gasteiger partial charge in [0.25, 0.3) is 0 Å². The normalized spacial score (nSPS) is 11.6. The van der Waals surface area contributed by atoms with Crippen LogP contribution in [0.1, 0.15) is 11.1 Å². The first kappa shape index (κ1) is 15.5. The number of nitrogens with zero attached hydrogens (tertiary/aromatic N) is 2. The average molecular weight is 306 g/mol. The standard InChI is InChI=1S/C15H18N2O3S/c1-12-6-7-14(20-3)15(9-12)21(18,19)17(2)11-13-5-4-8-16-10-13/h4-10H,11H2,1-3H3.